The number of benzene rings is 2. The molecule has 4 aromatic rings. The molecule has 194 valence electrons. The Morgan fingerprint density at radius 2 is 1.11 bits per heavy atom. The highest BCUT2D eigenvalue weighted by atomic mass is 16.3. The standard InChI is InChI=1S/C33H45NO2/c1-2-3-4-5-6-7-8-9-10-11-12-13-14-15-16-17-22-29-32(35)28-24-20-23-27-26-21-18-19-25-30(26)34(31(27)28)33(29)36/h18-21,23-25,35H,2-17,22H2,1H3. The molecule has 3 nitrogen and oxygen atoms in total. The smallest absolute Gasteiger partial charge is 0.262 e. The highest BCUT2D eigenvalue weighted by Gasteiger charge is 2.19. The van der Waals surface area contributed by atoms with Crippen molar-refractivity contribution in [2.24, 2.45) is 0 Å². The lowest BCUT2D eigenvalue weighted by Gasteiger charge is -2.09. The average Bonchev–Trinajstić information content (AvgIpc) is 3.24. The number of aromatic hydroxyl groups is 1. The van der Waals surface area contributed by atoms with E-state index in [1.807, 2.05) is 40.8 Å². The zero-order valence-electron chi connectivity index (χ0n) is 22.4. The van der Waals surface area contributed by atoms with Crippen molar-refractivity contribution < 1.29 is 5.11 Å². The Balaban J connectivity index is 1.17. The number of aromatic nitrogens is 1. The molecule has 0 amide bonds. The number of pyridine rings is 1. The Kier molecular flexibility index (Phi) is 10.1. The van der Waals surface area contributed by atoms with Gasteiger partial charge >= 0.3 is 0 Å². The molecule has 2 aromatic carbocycles. The van der Waals surface area contributed by atoms with E-state index in [0.29, 0.717) is 12.0 Å². The van der Waals surface area contributed by atoms with Crippen molar-refractivity contribution in [3.63, 3.8) is 0 Å². The first-order valence-electron chi connectivity index (χ1n) is 14.7. The van der Waals surface area contributed by atoms with Crippen LogP contribution in [0.1, 0.15) is 115 Å². The van der Waals surface area contributed by atoms with Gasteiger partial charge in [0.2, 0.25) is 0 Å². The molecule has 2 aromatic heterocycles. The van der Waals surface area contributed by atoms with Crippen molar-refractivity contribution in [3.05, 3.63) is 58.4 Å². The second-order valence-corrected chi connectivity index (χ2v) is 10.7. The SMILES string of the molecule is CCCCCCCCCCCCCCCCCCc1c(O)c2cccc3c4ccccc4n(c1=O)c23. The maximum absolute atomic E-state index is 13.4. The summed E-state index contributed by atoms with van der Waals surface area (Å²) in [6.45, 7) is 2.28. The number of hydrogen-bond donors (Lipinski definition) is 1. The molecule has 0 aliphatic rings. The van der Waals surface area contributed by atoms with Crippen LogP contribution >= 0.6 is 0 Å². The van der Waals surface area contributed by atoms with Crippen LogP contribution in [0.5, 0.6) is 5.75 Å². The minimum absolute atomic E-state index is 0.0571. The Morgan fingerprint density at radius 3 is 1.72 bits per heavy atom. The minimum atomic E-state index is -0.0571. The van der Waals surface area contributed by atoms with Crippen LogP contribution in [-0.2, 0) is 6.42 Å². The van der Waals surface area contributed by atoms with Gasteiger partial charge in [-0.15, -0.1) is 0 Å². The van der Waals surface area contributed by atoms with Gasteiger partial charge in [0.05, 0.1) is 16.6 Å². The van der Waals surface area contributed by atoms with E-state index in [1.54, 1.807) is 0 Å². The number of fused-ring (bicyclic) bond motifs is 3. The monoisotopic (exact) mass is 487 g/mol. The lowest BCUT2D eigenvalue weighted by molar-refractivity contribution is 0.470. The third-order valence-electron chi connectivity index (χ3n) is 7.98. The number of para-hydroxylation sites is 2. The molecule has 0 radical (unpaired) electrons. The maximum Gasteiger partial charge on any atom is 0.262 e. The zero-order valence-corrected chi connectivity index (χ0v) is 22.4. The molecule has 4 rings (SSSR count). The molecule has 0 aliphatic heterocycles. The Labute approximate surface area is 216 Å². The van der Waals surface area contributed by atoms with E-state index in [4.69, 9.17) is 0 Å². The molecule has 3 heteroatoms. The summed E-state index contributed by atoms with van der Waals surface area (Å²) in [6, 6.07) is 14.0. The molecule has 2 heterocycles. The highest BCUT2D eigenvalue weighted by molar-refractivity contribution is 6.15. The first kappa shape index (κ1) is 26.5. The van der Waals surface area contributed by atoms with Crippen molar-refractivity contribution in [2.75, 3.05) is 0 Å². The molecule has 0 saturated heterocycles. The quantitative estimate of drug-likeness (QED) is 0.151. The Morgan fingerprint density at radius 1 is 0.611 bits per heavy atom. The van der Waals surface area contributed by atoms with E-state index in [1.165, 1.54) is 89.9 Å². The molecule has 0 spiro atoms. The van der Waals surface area contributed by atoms with Crippen LogP contribution in [0.15, 0.2) is 47.3 Å². The largest absolute Gasteiger partial charge is 0.507 e. The van der Waals surface area contributed by atoms with Gasteiger partial charge in [0.1, 0.15) is 5.75 Å². The summed E-state index contributed by atoms with van der Waals surface area (Å²) in [6.07, 6.45) is 21.9. The van der Waals surface area contributed by atoms with Crippen LogP contribution in [-0.4, -0.2) is 9.51 Å². The van der Waals surface area contributed by atoms with Crippen LogP contribution in [0.2, 0.25) is 0 Å². The van der Waals surface area contributed by atoms with Gasteiger partial charge < -0.3 is 5.11 Å². The first-order chi connectivity index (χ1) is 17.7. The summed E-state index contributed by atoms with van der Waals surface area (Å²) >= 11 is 0. The summed E-state index contributed by atoms with van der Waals surface area (Å²) < 4.78 is 1.82. The van der Waals surface area contributed by atoms with Crippen LogP contribution in [0, 0.1) is 0 Å². The average molecular weight is 488 g/mol. The minimum Gasteiger partial charge on any atom is -0.507 e. The molecule has 1 N–H and O–H groups in total. The van der Waals surface area contributed by atoms with Gasteiger partial charge in [-0.3, -0.25) is 9.20 Å². The van der Waals surface area contributed by atoms with Crippen LogP contribution in [0.3, 0.4) is 0 Å². The van der Waals surface area contributed by atoms with Crippen molar-refractivity contribution >= 4 is 27.2 Å². The molecule has 0 fully saturated rings. The van der Waals surface area contributed by atoms with Gasteiger partial charge in [0, 0.05) is 16.2 Å². The predicted molar refractivity (Wildman–Crippen MR) is 155 cm³/mol. The van der Waals surface area contributed by atoms with Gasteiger partial charge in [0.15, 0.2) is 0 Å². The number of hydrogen-bond acceptors (Lipinski definition) is 2. The zero-order chi connectivity index (χ0) is 25.2. The van der Waals surface area contributed by atoms with Crippen LogP contribution in [0.4, 0.5) is 0 Å². The summed E-state index contributed by atoms with van der Waals surface area (Å²) in [5.74, 6) is 0.182. The third kappa shape index (κ3) is 6.22. The third-order valence-corrected chi connectivity index (χ3v) is 7.98. The van der Waals surface area contributed by atoms with Crippen molar-refractivity contribution in [2.45, 2.75) is 116 Å². The molecule has 0 bridgehead atoms. The van der Waals surface area contributed by atoms with Crippen molar-refractivity contribution in [1.29, 1.82) is 0 Å². The van der Waals surface area contributed by atoms with Crippen LogP contribution < -0.4 is 5.56 Å². The number of unbranched alkanes of at least 4 members (excludes halogenated alkanes) is 15. The molecular weight excluding hydrogens is 442 g/mol. The second-order valence-electron chi connectivity index (χ2n) is 10.7. The summed E-state index contributed by atoms with van der Waals surface area (Å²) in [5.41, 5.74) is 2.29. The summed E-state index contributed by atoms with van der Waals surface area (Å²) in [7, 11) is 0. The maximum atomic E-state index is 13.4. The van der Waals surface area contributed by atoms with Gasteiger partial charge in [0.25, 0.3) is 5.56 Å². The van der Waals surface area contributed by atoms with E-state index in [2.05, 4.69) is 13.0 Å². The summed E-state index contributed by atoms with van der Waals surface area (Å²) in [5, 5.41) is 13.9. The molecule has 0 atom stereocenters. The molecule has 36 heavy (non-hydrogen) atoms. The molecule has 0 unspecified atom stereocenters. The van der Waals surface area contributed by atoms with Gasteiger partial charge in [-0.05, 0) is 25.0 Å². The van der Waals surface area contributed by atoms with Crippen molar-refractivity contribution in [3.8, 4) is 5.75 Å². The van der Waals surface area contributed by atoms with Gasteiger partial charge in [-0.1, -0.05) is 134 Å². The fourth-order valence-corrected chi connectivity index (χ4v) is 5.89. The first-order valence-corrected chi connectivity index (χ1v) is 14.7. The lowest BCUT2D eigenvalue weighted by Crippen LogP contribution is -2.18. The normalized spacial score (nSPS) is 11.9. The fraction of sp³-hybridized carbons (Fsp3) is 0.545. The molecular formula is C33H45NO2. The fourth-order valence-electron chi connectivity index (χ4n) is 5.89. The van der Waals surface area contributed by atoms with Crippen molar-refractivity contribution in [1.82, 2.24) is 4.40 Å². The van der Waals surface area contributed by atoms with E-state index in [9.17, 15) is 9.90 Å². The number of rotatable bonds is 17. The predicted octanol–water partition coefficient (Wildman–Crippen LogP) is 9.55. The number of nitrogens with zero attached hydrogens (tertiary/aromatic N) is 1. The van der Waals surface area contributed by atoms with Gasteiger partial charge in [-0.25, -0.2) is 0 Å². The second kappa shape index (κ2) is 13.7. The lowest BCUT2D eigenvalue weighted by atomic mass is 10.0. The summed E-state index contributed by atoms with van der Waals surface area (Å²) in [4.78, 5) is 13.4. The van der Waals surface area contributed by atoms with Gasteiger partial charge in [-0.2, -0.15) is 0 Å². The Bertz CT molecular complexity index is 1270. The molecule has 0 saturated carbocycles. The van der Waals surface area contributed by atoms with E-state index >= 15 is 0 Å². The van der Waals surface area contributed by atoms with E-state index in [0.717, 1.165) is 40.0 Å². The highest BCUT2D eigenvalue weighted by Crippen LogP contribution is 2.36. The van der Waals surface area contributed by atoms with Crippen LogP contribution in [0.25, 0.3) is 27.2 Å². The van der Waals surface area contributed by atoms with E-state index in [-0.39, 0.29) is 11.3 Å². The Hall–Kier alpha value is -2.55. The van der Waals surface area contributed by atoms with E-state index < -0.39 is 0 Å². The topological polar surface area (TPSA) is 41.7 Å². The molecule has 0 aliphatic carbocycles.